The lowest BCUT2D eigenvalue weighted by Crippen LogP contribution is -2.45. The molecule has 22 heavy (non-hydrogen) atoms. The van der Waals surface area contributed by atoms with Gasteiger partial charge in [-0.2, -0.15) is 5.10 Å². The van der Waals surface area contributed by atoms with E-state index in [4.69, 9.17) is 16.3 Å². The molecular weight excluding hydrogens is 302 g/mol. The molecule has 1 aromatic rings. The van der Waals surface area contributed by atoms with Gasteiger partial charge in [-0.1, -0.05) is 24.6 Å². The lowest BCUT2D eigenvalue weighted by molar-refractivity contribution is -0.131. The second kappa shape index (κ2) is 6.05. The molecule has 2 atom stereocenters. The minimum Gasteiger partial charge on any atom is -0.373 e. The molecule has 2 unspecified atom stereocenters. The van der Waals surface area contributed by atoms with Crippen LogP contribution in [0, 0.1) is 5.92 Å². The van der Waals surface area contributed by atoms with E-state index in [0.717, 1.165) is 19.4 Å². The molecule has 2 aliphatic rings. The zero-order chi connectivity index (χ0) is 15.7. The van der Waals surface area contributed by atoms with Gasteiger partial charge in [-0.3, -0.25) is 9.48 Å². The van der Waals surface area contributed by atoms with Gasteiger partial charge in [0.25, 0.3) is 0 Å². The van der Waals surface area contributed by atoms with Crippen LogP contribution < -0.4 is 0 Å². The van der Waals surface area contributed by atoms with E-state index >= 15 is 0 Å². The number of rotatable bonds is 5. The van der Waals surface area contributed by atoms with Crippen LogP contribution in [-0.2, 0) is 23.1 Å². The Morgan fingerprint density at radius 2 is 2.55 bits per heavy atom. The van der Waals surface area contributed by atoms with Gasteiger partial charge in [0.2, 0.25) is 5.91 Å². The summed E-state index contributed by atoms with van der Waals surface area (Å²) in [6, 6.07) is 0. The Kier molecular flexibility index (Phi) is 4.28. The first-order valence-corrected chi connectivity index (χ1v) is 8.12. The maximum atomic E-state index is 12.3. The molecule has 1 aliphatic carbocycles. The van der Waals surface area contributed by atoms with Crippen LogP contribution in [0.5, 0.6) is 0 Å². The van der Waals surface area contributed by atoms with E-state index in [9.17, 15) is 4.79 Å². The number of ether oxygens (including phenoxy) is 1. The van der Waals surface area contributed by atoms with E-state index in [0.29, 0.717) is 29.7 Å². The number of amides is 1. The molecule has 2 bridgehead atoms. The fraction of sp³-hybridized carbons (Fsp3) is 0.625. The molecule has 3 rings (SSSR count). The minimum atomic E-state index is -0.192. The standard InChI is InChI=1S/C16H22ClN3O2/c1-3-15(21)20(9-14-13(17)8-19(2)18-14)11-16-6-4-5-12(7-16)10-22-16/h3,8,12H,1,4-7,9-11H2,2H3. The van der Waals surface area contributed by atoms with Gasteiger partial charge >= 0.3 is 0 Å². The second-order valence-corrected chi connectivity index (χ2v) is 6.86. The van der Waals surface area contributed by atoms with Crippen molar-refractivity contribution >= 4 is 17.5 Å². The lowest BCUT2D eigenvalue weighted by atomic mass is 9.81. The van der Waals surface area contributed by atoms with Crippen molar-refractivity contribution in [3.63, 3.8) is 0 Å². The summed E-state index contributed by atoms with van der Waals surface area (Å²) >= 11 is 6.18. The first-order valence-electron chi connectivity index (χ1n) is 7.75. The topological polar surface area (TPSA) is 47.4 Å². The summed E-state index contributed by atoms with van der Waals surface area (Å²) in [7, 11) is 1.82. The van der Waals surface area contributed by atoms with Gasteiger partial charge in [-0.15, -0.1) is 0 Å². The number of hydrogen-bond acceptors (Lipinski definition) is 3. The van der Waals surface area contributed by atoms with Gasteiger partial charge in [0.15, 0.2) is 0 Å². The molecule has 120 valence electrons. The second-order valence-electron chi connectivity index (χ2n) is 6.45. The quantitative estimate of drug-likeness (QED) is 0.782. The van der Waals surface area contributed by atoms with Gasteiger partial charge in [0, 0.05) is 13.2 Å². The number of carbonyl (C=O) groups is 1. The normalized spacial score (nSPS) is 26.9. The Bertz CT molecular complexity index is 582. The number of aromatic nitrogens is 2. The van der Waals surface area contributed by atoms with Gasteiger partial charge in [-0.25, -0.2) is 0 Å². The van der Waals surface area contributed by atoms with Crippen molar-refractivity contribution in [2.24, 2.45) is 13.0 Å². The van der Waals surface area contributed by atoms with Crippen molar-refractivity contribution in [3.05, 3.63) is 29.6 Å². The van der Waals surface area contributed by atoms with Crippen LogP contribution in [0.2, 0.25) is 5.02 Å². The highest BCUT2D eigenvalue weighted by Crippen LogP contribution is 2.42. The fourth-order valence-corrected chi connectivity index (χ4v) is 3.92. The molecule has 0 N–H and O–H groups in total. The number of carbonyl (C=O) groups excluding carboxylic acids is 1. The van der Waals surface area contributed by atoms with Crippen LogP contribution in [0.25, 0.3) is 0 Å². The van der Waals surface area contributed by atoms with E-state index in [1.165, 1.54) is 18.9 Å². The van der Waals surface area contributed by atoms with Gasteiger partial charge in [0.1, 0.15) is 5.69 Å². The molecular formula is C16H22ClN3O2. The Hall–Kier alpha value is -1.33. The van der Waals surface area contributed by atoms with Crippen molar-refractivity contribution < 1.29 is 9.53 Å². The third kappa shape index (κ3) is 3.06. The molecule has 1 saturated heterocycles. The van der Waals surface area contributed by atoms with Crippen molar-refractivity contribution in [1.29, 1.82) is 0 Å². The van der Waals surface area contributed by atoms with Gasteiger partial charge in [0.05, 0.1) is 30.3 Å². The summed E-state index contributed by atoms with van der Waals surface area (Å²) < 4.78 is 7.74. The van der Waals surface area contributed by atoms with Crippen molar-refractivity contribution in [1.82, 2.24) is 14.7 Å². The SMILES string of the molecule is C=CC(=O)N(Cc1nn(C)cc1Cl)CC12CCCC(CO1)C2. The van der Waals surface area contributed by atoms with Gasteiger partial charge < -0.3 is 9.64 Å². The van der Waals surface area contributed by atoms with Crippen LogP contribution in [-0.4, -0.2) is 39.3 Å². The average Bonchev–Trinajstić information content (AvgIpc) is 2.96. The summed E-state index contributed by atoms with van der Waals surface area (Å²) in [6.07, 6.45) is 7.57. The fourth-order valence-electron chi connectivity index (χ4n) is 3.68. The summed E-state index contributed by atoms with van der Waals surface area (Å²) in [5.74, 6) is 0.543. The maximum Gasteiger partial charge on any atom is 0.246 e. The zero-order valence-electron chi connectivity index (χ0n) is 12.9. The van der Waals surface area contributed by atoms with E-state index in [-0.39, 0.29) is 11.5 Å². The molecule has 1 saturated carbocycles. The number of aryl methyl sites for hydroxylation is 1. The molecule has 1 aromatic heterocycles. The number of halogens is 1. The summed E-state index contributed by atoms with van der Waals surface area (Å²) in [5.41, 5.74) is 0.518. The summed E-state index contributed by atoms with van der Waals surface area (Å²) in [4.78, 5) is 14.0. The van der Waals surface area contributed by atoms with Crippen molar-refractivity contribution in [3.8, 4) is 0 Å². The van der Waals surface area contributed by atoms with Gasteiger partial charge in [-0.05, 0) is 31.3 Å². The highest BCUT2D eigenvalue weighted by atomic mass is 35.5. The Labute approximate surface area is 135 Å². The first-order chi connectivity index (χ1) is 10.5. The Morgan fingerprint density at radius 3 is 3.23 bits per heavy atom. The number of fused-ring (bicyclic) bond motifs is 2. The van der Waals surface area contributed by atoms with Crippen LogP contribution in [0.4, 0.5) is 0 Å². The third-order valence-electron chi connectivity index (χ3n) is 4.69. The van der Waals surface area contributed by atoms with E-state index in [1.54, 1.807) is 15.8 Å². The Balaban J connectivity index is 1.77. The number of nitrogens with zero attached hydrogens (tertiary/aromatic N) is 3. The average molecular weight is 324 g/mol. The lowest BCUT2D eigenvalue weighted by Gasteiger charge is -2.36. The van der Waals surface area contributed by atoms with E-state index in [2.05, 4.69) is 11.7 Å². The molecule has 2 heterocycles. The van der Waals surface area contributed by atoms with E-state index < -0.39 is 0 Å². The molecule has 2 fully saturated rings. The molecule has 0 spiro atoms. The molecule has 6 heteroatoms. The van der Waals surface area contributed by atoms with Crippen LogP contribution in [0.3, 0.4) is 0 Å². The van der Waals surface area contributed by atoms with Crippen LogP contribution >= 0.6 is 11.6 Å². The molecule has 0 aromatic carbocycles. The molecule has 5 nitrogen and oxygen atoms in total. The summed E-state index contributed by atoms with van der Waals surface area (Å²) in [5, 5.41) is 4.91. The Morgan fingerprint density at radius 1 is 1.73 bits per heavy atom. The predicted molar refractivity (Wildman–Crippen MR) is 84.5 cm³/mol. The third-order valence-corrected chi connectivity index (χ3v) is 5.01. The van der Waals surface area contributed by atoms with Crippen LogP contribution in [0.1, 0.15) is 31.4 Å². The highest BCUT2D eigenvalue weighted by molar-refractivity contribution is 6.31. The predicted octanol–water partition coefficient (Wildman–Crippen LogP) is 2.55. The zero-order valence-corrected chi connectivity index (χ0v) is 13.7. The van der Waals surface area contributed by atoms with Crippen LogP contribution in [0.15, 0.2) is 18.9 Å². The monoisotopic (exact) mass is 323 g/mol. The van der Waals surface area contributed by atoms with E-state index in [1.807, 2.05) is 7.05 Å². The summed E-state index contributed by atoms with van der Waals surface area (Å²) in [6.45, 7) is 5.41. The molecule has 0 radical (unpaired) electrons. The minimum absolute atomic E-state index is 0.103. The maximum absolute atomic E-state index is 12.3. The first kappa shape index (κ1) is 15.6. The molecule has 1 aliphatic heterocycles. The van der Waals surface area contributed by atoms with Crippen molar-refractivity contribution in [2.75, 3.05) is 13.2 Å². The number of hydrogen-bond donors (Lipinski definition) is 0. The largest absolute Gasteiger partial charge is 0.373 e. The highest BCUT2D eigenvalue weighted by Gasteiger charge is 2.44. The smallest absolute Gasteiger partial charge is 0.246 e. The van der Waals surface area contributed by atoms with Crippen molar-refractivity contribution in [2.45, 2.75) is 37.8 Å². The molecule has 1 amide bonds.